The van der Waals surface area contributed by atoms with Gasteiger partial charge in [-0.2, -0.15) is 5.26 Å². The lowest BCUT2D eigenvalue weighted by atomic mass is 10.0. The molecule has 53 heavy (non-hydrogen) atoms. The topological polar surface area (TPSA) is 51.5 Å². The summed E-state index contributed by atoms with van der Waals surface area (Å²) >= 11 is 0. The summed E-state index contributed by atoms with van der Waals surface area (Å²) in [5, 5.41) is 17.3. The summed E-state index contributed by atoms with van der Waals surface area (Å²) in [4.78, 5) is 4.96. The van der Waals surface area contributed by atoms with Crippen molar-refractivity contribution >= 4 is 65.5 Å². The monoisotopic (exact) mass is 675 g/mol. The van der Waals surface area contributed by atoms with E-state index in [9.17, 15) is 5.26 Å². The minimum absolute atomic E-state index is 0.612. The molecule has 0 atom stereocenters. The molecule has 0 bridgehead atoms. The van der Waals surface area contributed by atoms with Crippen molar-refractivity contribution in [3.63, 3.8) is 0 Å². The summed E-state index contributed by atoms with van der Waals surface area (Å²) in [6.07, 6.45) is 1.87. The molecule has 0 spiro atoms. The average Bonchev–Trinajstić information content (AvgIpc) is 3.85. The zero-order valence-corrected chi connectivity index (χ0v) is 28.5. The molecule has 0 amide bonds. The molecule has 0 unspecified atom stereocenters. The van der Waals surface area contributed by atoms with Gasteiger partial charge in [0.1, 0.15) is 5.65 Å². The first-order valence-corrected chi connectivity index (χ1v) is 17.8. The van der Waals surface area contributed by atoms with Crippen LogP contribution in [-0.4, -0.2) is 18.7 Å². The molecule has 0 aliphatic carbocycles. The van der Waals surface area contributed by atoms with Gasteiger partial charge in [0.2, 0.25) is 0 Å². The summed E-state index contributed by atoms with van der Waals surface area (Å²) in [5.41, 5.74) is 12.3. The van der Waals surface area contributed by atoms with Crippen LogP contribution in [0.5, 0.6) is 0 Å². The van der Waals surface area contributed by atoms with E-state index in [1.54, 1.807) is 0 Å². The maximum atomic E-state index is 10.3. The molecular formula is C48H29N5. The number of aromatic nitrogens is 4. The first kappa shape index (κ1) is 29.3. The van der Waals surface area contributed by atoms with Gasteiger partial charge in [0.15, 0.2) is 0 Å². The van der Waals surface area contributed by atoms with E-state index in [2.05, 4.69) is 171 Å². The summed E-state index contributed by atoms with van der Waals surface area (Å²) in [7, 11) is 0. The van der Waals surface area contributed by atoms with Crippen LogP contribution in [-0.2, 0) is 0 Å². The third-order valence-corrected chi connectivity index (χ3v) is 10.7. The van der Waals surface area contributed by atoms with Crippen LogP contribution in [0.4, 0.5) is 0 Å². The van der Waals surface area contributed by atoms with Crippen molar-refractivity contribution in [2.75, 3.05) is 0 Å². The lowest BCUT2D eigenvalue weighted by Crippen LogP contribution is -1.97. The van der Waals surface area contributed by atoms with Crippen molar-refractivity contribution in [1.82, 2.24) is 18.7 Å². The Hall–Kier alpha value is -7.42. The number of hydrogen-bond donors (Lipinski definition) is 0. The van der Waals surface area contributed by atoms with E-state index >= 15 is 0 Å². The quantitative estimate of drug-likeness (QED) is 0.186. The van der Waals surface area contributed by atoms with Crippen LogP contribution in [0.2, 0.25) is 0 Å². The van der Waals surface area contributed by atoms with Crippen molar-refractivity contribution in [3.05, 3.63) is 182 Å². The number of rotatable bonds is 4. The molecule has 11 aromatic rings. The Morgan fingerprint density at radius 2 is 0.925 bits per heavy atom. The highest BCUT2D eigenvalue weighted by atomic mass is 15.0. The number of fused-ring (bicyclic) bond motifs is 9. The van der Waals surface area contributed by atoms with Crippen LogP contribution >= 0.6 is 0 Å². The molecule has 11 rings (SSSR count). The van der Waals surface area contributed by atoms with Crippen LogP contribution in [0.1, 0.15) is 5.56 Å². The van der Waals surface area contributed by atoms with E-state index in [-0.39, 0.29) is 0 Å². The van der Waals surface area contributed by atoms with Crippen LogP contribution in [0.25, 0.3) is 93.7 Å². The second-order valence-corrected chi connectivity index (χ2v) is 13.6. The summed E-state index contributed by atoms with van der Waals surface area (Å²) in [6.45, 7) is 0. The van der Waals surface area contributed by atoms with E-state index in [1.807, 2.05) is 24.4 Å². The van der Waals surface area contributed by atoms with E-state index in [0.717, 1.165) is 66.7 Å². The molecule has 0 N–H and O–H groups in total. The number of nitriles is 1. The van der Waals surface area contributed by atoms with E-state index in [4.69, 9.17) is 4.98 Å². The molecule has 7 aromatic carbocycles. The van der Waals surface area contributed by atoms with Crippen LogP contribution < -0.4 is 0 Å². The highest BCUT2D eigenvalue weighted by molar-refractivity contribution is 6.18. The molecule has 0 radical (unpaired) electrons. The third-order valence-electron chi connectivity index (χ3n) is 10.7. The Balaban J connectivity index is 1.14. The number of hydrogen-bond acceptors (Lipinski definition) is 2. The van der Waals surface area contributed by atoms with Gasteiger partial charge >= 0.3 is 0 Å². The maximum absolute atomic E-state index is 10.3. The van der Waals surface area contributed by atoms with Gasteiger partial charge in [-0.15, -0.1) is 0 Å². The zero-order chi connectivity index (χ0) is 35.0. The Labute approximate surface area is 304 Å². The first-order chi connectivity index (χ1) is 26.2. The lowest BCUT2D eigenvalue weighted by molar-refractivity contribution is 1.14. The van der Waals surface area contributed by atoms with Crippen LogP contribution in [0.3, 0.4) is 0 Å². The minimum Gasteiger partial charge on any atom is -0.309 e. The molecule has 5 heteroatoms. The molecule has 0 aliphatic heterocycles. The largest absolute Gasteiger partial charge is 0.309 e. The maximum Gasteiger partial charge on any atom is 0.145 e. The minimum atomic E-state index is 0.612. The number of para-hydroxylation sites is 4. The highest BCUT2D eigenvalue weighted by Crippen LogP contribution is 2.40. The molecule has 4 heterocycles. The predicted molar refractivity (Wildman–Crippen MR) is 217 cm³/mol. The van der Waals surface area contributed by atoms with Crippen molar-refractivity contribution in [1.29, 1.82) is 5.26 Å². The molecule has 4 aromatic heterocycles. The SMILES string of the molecule is N#Cc1cc(-c2cccc(-n3c4cc5c6ccccc6n(-c6ccccc6)c5cc4c4cccnc43)c2)cc(-n2c3ccccc3c3ccccc32)c1. The summed E-state index contributed by atoms with van der Waals surface area (Å²) < 4.78 is 6.92. The third kappa shape index (κ3) is 4.33. The molecule has 0 saturated carbocycles. The van der Waals surface area contributed by atoms with Crippen LogP contribution in [0, 0.1) is 11.3 Å². The summed E-state index contributed by atoms with van der Waals surface area (Å²) in [6, 6.07) is 62.2. The Morgan fingerprint density at radius 1 is 0.377 bits per heavy atom. The van der Waals surface area contributed by atoms with E-state index in [0.29, 0.717) is 5.56 Å². The van der Waals surface area contributed by atoms with Crippen molar-refractivity contribution < 1.29 is 0 Å². The average molecular weight is 676 g/mol. The lowest BCUT2D eigenvalue weighted by Gasteiger charge is -2.13. The van der Waals surface area contributed by atoms with E-state index in [1.165, 1.54) is 27.1 Å². The molecule has 246 valence electrons. The Kier molecular flexibility index (Phi) is 6.25. The van der Waals surface area contributed by atoms with E-state index < -0.39 is 0 Å². The molecule has 0 fully saturated rings. The predicted octanol–water partition coefficient (Wildman–Crippen LogP) is 11.9. The standard InChI is InChI=1S/C48H29N5/c49-30-31-24-33(27-36(25-31)52-43-20-7-4-16-37(43)38-17-5-8-21-44(38)52)32-12-10-15-35(26-32)53-47-28-41-39-18-6-9-22-45(39)51(34-13-2-1-3-14-34)46(41)29-42(47)40-19-11-23-50-48(40)53/h1-29H. The molecular weight excluding hydrogens is 647 g/mol. The van der Waals surface area contributed by atoms with Crippen molar-refractivity contribution in [3.8, 4) is 34.3 Å². The fourth-order valence-corrected chi connectivity index (χ4v) is 8.42. The Morgan fingerprint density at radius 3 is 1.62 bits per heavy atom. The van der Waals surface area contributed by atoms with Gasteiger partial charge in [-0.25, -0.2) is 4.98 Å². The van der Waals surface area contributed by atoms with Gasteiger partial charge in [-0.05, 0) is 96.1 Å². The number of pyridine rings is 1. The second kappa shape index (κ2) is 11.3. The molecule has 0 aliphatic rings. The highest BCUT2D eigenvalue weighted by Gasteiger charge is 2.20. The fourth-order valence-electron chi connectivity index (χ4n) is 8.42. The second-order valence-electron chi connectivity index (χ2n) is 13.6. The zero-order valence-electron chi connectivity index (χ0n) is 28.5. The molecule has 0 saturated heterocycles. The van der Waals surface area contributed by atoms with Crippen LogP contribution in [0.15, 0.2) is 176 Å². The van der Waals surface area contributed by atoms with Gasteiger partial charge in [0.05, 0.1) is 39.2 Å². The first-order valence-electron chi connectivity index (χ1n) is 17.8. The smallest absolute Gasteiger partial charge is 0.145 e. The summed E-state index contributed by atoms with van der Waals surface area (Å²) in [5.74, 6) is 0. The Bertz CT molecular complexity index is 3250. The fraction of sp³-hybridized carbons (Fsp3) is 0. The number of benzene rings is 7. The van der Waals surface area contributed by atoms with Crippen molar-refractivity contribution in [2.24, 2.45) is 0 Å². The molecule has 5 nitrogen and oxygen atoms in total. The van der Waals surface area contributed by atoms with Gasteiger partial charge in [0, 0.05) is 55.6 Å². The van der Waals surface area contributed by atoms with Gasteiger partial charge in [-0.3, -0.25) is 4.57 Å². The van der Waals surface area contributed by atoms with Gasteiger partial charge < -0.3 is 9.13 Å². The number of nitrogens with zero attached hydrogens (tertiary/aromatic N) is 5. The normalized spacial score (nSPS) is 11.8. The van der Waals surface area contributed by atoms with Gasteiger partial charge in [-0.1, -0.05) is 84.9 Å². The van der Waals surface area contributed by atoms with Gasteiger partial charge in [0.25, 0.3) is 0 Å². The van der Waals surface area contributed by atoms with Crippen molar-refractivity contribution in [2.45, 2.75) is 0 Å².